The molecule has 1 atom stereocenters. The number of benzene rings is 3. The summed E-state index contributed by atoms with van der Waals surface area (Å²) >= 11 is 0. The van der Waals surface area contributed by atoms with E-state index in [1.165, 1.54) is 12.1 Å². The van der Waals surface area contributed by atoms with Crippen molar-refractivity contribution in [3.8, 4) is 0 Å². The molecule has 3 rings (SSSR count). The summed E-state index contributed by atoms with van der Waals surface area (Å²) < 4.78 is 14.0. The molecule has 0 saturated heterocycles. The fraction of sp³-hybridized carbons (Fsp3) is 0.200. The second-order valence-corrected chi connectivity index (χ2v) is 7.20. The van der Waals surface area contributed by atoms with E-state index in [4.69, 9.17) is 0 Å². The minimum atomic E-state index is -0.510. The zero-order chi connectivity index (χ0) is 22.1. The van der Waals surface area contributed by atoms with E-state index in [9.17, 15) is 14.0 Å². The molecule has 0 aliphatic heterocycles. The van der Waals surface area contributed by atoms with Gasteiger partial charge < -0.3 is 15.5 Å². The van der Waals surface area contributed by atoms with Gasteiger partial charge in [-0.3, -0.25) is 4.79 Å². The van der Waals surface area contributed by atoms with E-state index in [0.29, 0.717) is 6.54 Å². The van der Waals surface area contributed by atoms with Gasteiger partial charge in [0.25, 0.3) is 0 Å². The van der Waals surface area contributed by atoms with Crippen LogP contribution in [0.3, 0.4) is 0 Å². The fourth-order valence-corrected chi connectivity index (χ4v) is 3.24. The van der Waals surface area contributed by atoms with Gasteiger partial charge in [-0.1, -0.05) is 72.8 Å². The zero-order valence-corrected chi connectivity index (χ0v) is 17.4. The summed E-state index contributed by atoms with van der Waals surface area (Å²) in [6.07, 6.45) is 0.134. The second kappa shape index (κ2) is 10.9. The summed E-state index contributed by atoms with van der Waals surface area (Å²) in [5, 5.41) is 5.50. The number of hydrogen-bond donors (Lipinski definition) is 2. The Bertz CT molecular complexity index is 996. The summed E-state index contributed by atoms with van der Waals surface area (Å²) in [6.45, 7) is 2.50. The van der Waals surface area contributed by atoms with Gasteiger partial charge in [0.1, 0.15) is 5.82 Å². The first-order valence-corrected chi connectivity index (χ1v) is 10.2. The predicted molar refractivity (Wildman–Crippen MR) is 120 cm³/mol. The Kier molecular flexibility index (Phi) is 7.76. The van der Waals surface area contributed by atoms with Crippen molar-refractivity contribution in [2.75, 3.05) is 11.9 Å². The Morgan fingerprint density at radius 1 is 0.903 bits per heavy atom. The van der Waals surface area contributed by atoms with Crippen molar-refractivity contribution in [1.82, 2.24) is 10.2 Å². The lowest BCUT2D eigenvalue weighted by Gasteiger charge is -2.29. The molecular weight excluding hydrogens is 393 g/mol. The van der Waals surface area contributed by atoms with E-state index in [1.54, 1.807) is 17.0 Å². The molecule has 2 N–H and O–H groups in total. The molecule has 3 amide bonds. The van der Waals surface area contributed by atoms with Crippen LogP contribution in [0.15, 0.2) is 84.9 Å². The van der Waals surface area contributed by atoms with Crippen molar-refractivity contribution in [2.24, 2.45) is 0 Å². The van der Waals surface area contributed by atoms with Crippen molar-refractivity contribution < 1.29 is 14.0 Å². The molecule has 0 aliphatic carbocycles. The van der Waals surface area contributed by atoms with Crippen molar-refractivity contribution >= 4 is 17.6 Å². The summed E-state index contributed by atoms with van der Waals surface area (Å²) in [5.74, 6) is -0.670. The lowest BCUT2D eigenvalue weighted by Crippen LogP contribution is -2.39. The van der Waals surface area contributed by atoms with Gasteiger partial charge >= 0.3 is 6.03 Å². The molecule has 3 aromatic rings. The van der Waals surface area contributed by atoms with E-state index >= 15 is 0 Å². The Morgan fingerprint density at radius 2 is 1.52 bits per heavy atom. The number of carbonyl (C=O) groups is 2. The molecule has 0 fully saturated rings. The van der Waals surface area contributed by atoms with Crippen molar-refractivity contribution in [2.45, 2.75) is 25.9 Å². The number of carbonyl (C=O) groups excluding carboxylic acids is 2. The summed E-state index contributed by atoms with van der Waals surface area (Å²) in [5.41, 5.74) is 2.03. The van der Waals surface area contributed by atoms with E-state index in [2.05, 4.69) is 10.6 Å². The standard InChI is InChI=1S/C25H26FN3O2/c1-19(21-12-6-3-7-13-21)29(25(31)28-23-15-9-8-14-22(23)26)17-16-24(30)27-18-20-10-4-2-5-11-20/h2-15,19H,16-18H2,1H3,(H,27,30)(H,28,31). The van der Waals surface area contributed by atoms with E-state index in [1.807, 2.05) is 67.6 Å². The average Bonchev–Trinajstić information content (AvgIpc) is 2.80. The van der Waals surface area contributed by atoms with Crippen LogP contribution in [0, 0.1) is 5.82 Å². The SMILES string of the molecule is CC(c1ccccc1)N(CCC(=O)NCc1ccccc1)C(=O)Nc1ccccc1F. The zero-order valence-electron chi connectivity index (χ0n) is 17.4. The van der Waals surface area contributed by atoms with Gasteiger partial charge in [-0.2, -0.15) is 0 Å². The number of rotatable bonds is 8. The molecule has 0 bridgehead atoms. The Morgan fingerprint density at radius 3 is 2.19 bits per heavy atom. The van der Waals surface area contributed by atoms with Crippen LogP contribution >= 0.6 is 0 Å². The summed E-state index contributed by atoms with van der Waals surface area (Å²) in [4.78, 5) is 26.9. The number of urea groups is 1. The predicted octanol–water partition coefficient (Wildman–Crippen LogP) is 5.13. The number of hydrogen-bond acceptors (Lipinski definition) is 2. The highest BCUT2D eigenvalue weighted by Crippen LogP contribution is 2.22. The van der Waals surface area contributed by atoms with Crippen LogP contribution in [0.2, 0.25) is 0 Å². The van der Waals surface area contributed by atoms with Crippen molar-refractivity contribution in [3.05, 3.63) is 102 Å². The van der Waals surface area contributed by atoms with E-state index < -0.39 is 11.8 Å². The molecule has 3 aromatic carbocycles. The fourth-order valence-electron chi connectivity index (χ4n) is 3.24. The first-order chi connectivity index (χ1) is 15.0. The maximum absolute atomic E-state index is 14.0. The molecule has 0 aliphatic rings. The van der Waals surface area contributed by atoms with Gasteiger partial charge in [0.05, 0.1) is 11.7 Å². The van der Waals surface area contributed by atoms with Gasteiger partial charge in [-0.05, 0) is 30.2 Å². The van der Waals surface area contributed by atoms with Gasteiger partial charge in [0.15, 0.2) is 0 Å². The third kappa shape index (κ3) is 6.40. The highest BCUT2D eigenvalue weighted by atomic mass is 19.1. The molecule has 0 aromatic heterocycles. The molecule has 0 spiro atoms. The van der Waals surface area contributed by atoms with Crippen molar-refractivity contribution in [3.63, 3.8) is 0 Å². The largest absolute Gasteiger partial charge is 0.352 e. The average molecular weight is 420 g/mol. The minimum Gasteiger partial charge on any atom is -0.352 e. The van der Waals surface area contributed by atoms with Crippen LogP contribution < -0.4 is 10.6 Å². The smallest absolute Gasteiger partial charge is 0.322 e. The molecule has 1 unspecified atom stereocenters. The number of amides is 3. The van der Waals surface area contributed by atoms with Gasteiger partial charge in [0.2, 0.25) is 5.91 Å². The second-order valence-electron chi connectivity index (χ2n) is 7.20. The van der Waals surface area contributed by atoms with E-state index in [0.717, 1.165) is 11.1 Å². The molecule has 0 heterocycles. The molecule has 6 heteroatoms. The third-order valence-corrected chi connectivity index (χ3v) is 5.04. The Balaban J connectivity index is 1.67. The molecule has 0 radical (unpaired) electrons. The first-order valence-electron chi connectivity index (χ1n) is 10.2. The van der Waals surface area contributed by atoms with E-state index in [-0.39, 0.29) is 30.6 Å². The molecule has 5 nitrogen and oxygen atoms in total. The van der Waals surface area contributed by atoms with Gasteiger partial charge in [-0.25, -0.2) is 9.18 Å². The molecule has 160 valence electrons. The molecule has 31 heavy (non-hydrogen) atoms. The van der Waals surface area contributed by atoms with Crippen LogP contribution in [0.25, 0.3) is 0 Å². The molecule has 0 saturated carbocycles. The lowest BCUT2D eigenvalue weighted by atomic mass is 10.1. The number of halogens is 1. The number of nitrogens with zero attached hydrogens (tertiary/aromatic N) is 1. The Labute approximate surface area is 181 Å². The number of nitrogens with one attached hydrogen (secondary N) is 2. The lowest BCUT2D eigenvalue weighted by molar-refractivity contribution is -0.121. The quantitative estimate of drug-likeness (QED) is 0.532. The summed E-state index contributed by atoms with van der Waals surface area (Å²) in [7, 11) is 0. The topological polar surface area (TPSA) is 61.4 Å². The van der Waals surface area contributed by atoms with Crippen LogP contribution in [-0.4, -0.2) is 23.4 Å². The number of para-hydroxylation sites is 1. The minimum absolute atomic E-state index is 0.103. The summed E-state index contributed by atoms with van der Waals surface area (Å²) in [6, 6.07) is 24.4. The molecular formula is C25H26FN3O2. The first kappa shape index (κ1) is 22.0. The van der Waals surface area contributed by atoms with Crippen LogP contribution in [-0.2, 0) is 11.3 Å². The van der Waals surface area contributed by atoms with Crippen LogP contribution in [0.1, 0.15) is 30.5 Å². The van der Waals surface area contributed by atoms with Crippen LogP contribution in [0.4, 0.5) is 14.9 Å². The monoisotopic (exact) mass is 419 g/mol. The third-order valence-electron chi connectivity index (χ3n) is 5.04. The highest BCUT2D eigenvalue weighted by molar-refractivity contribution is 5.90. The highest BCUT2D eigenvalue weighted by Gasteiger charge is 2.23. The maximum Gasteiger partial charge on any atom is 0.322 e. The van der Waals surface area contributed by atoms with Gasteiger partial charge in [0, 0.05) is 19.5 Å². The van der Waals surface area contributed by atoms with Gasteiger partial charge in [-0.15, -0.1) is 0 Å². The Hall–Kier alpha value is -3.67. The number of anilines is 1. The van der Waals surface area contributed by atoms with Crippen LogP contribution in [0.5, 0.6) is 0 Å². The normalized spacial score (nSPS) is 11.4. The maximum atomic E-state index is 14.0. The van der Waals surface area contributed by atoms with Crippen molar-refractivity contribution in [1.29, 1.82) is 0 Å².